The highest BCUT2D eigenvalue weighted by molar-refractivity contribution is 5.78. The molecule has 2 aromatic heterocycles. The van der Waals surface area contributed by atoms with E-state index in [2.05, 4.69) is 5.32 Å². The second-order valence-corrected chi connectivity index (χ2v) is 7.49. The highest BCUT2D eigenvalue weighted by atomic mass is 16.5. The Kier molecular flexibility index (Phi) is 5.29. The standard InChI is InChI=1S/C22H24N2O5/c1-14(2)21(15-4-5-18-19(12-15)28-10-3-9-27-18)23-20(25)13-24-8-6-17-16(22(24)26)7-11-29-17/h4-8,11-12,14,21H,3,9-10,13H2,1-2H3,(H,23,25). The number of nitrogens with one attached hydrogen (secondary N) is 1. The van der Waals surface area contributed by atoms with Crippen molar-refractivity contribution < 1.29 is 18.7 Å². The summed E-state index contributed by atoms with van der Waals surface area (Å²) >= 11 is 0. The molecule has 0 bridgehead atoms. The first-order valence-corrected chi connectivity index (χ1v) is 9.78. The predicted molar refractivity (Wildman–Crippen MR) is 108 cm³/mol. The number of carbonyl (C=O) groups excluding carboxylic acids is 1. The van der Waals surface area contributed by atoms with Gasteiger partial charge in [-0.1, -0.05) is 19.9 Å². The van der Waals surface area contributed by atoms with Crippen LogP contribution in [0.25, 0.3) is 11.0 Å². The van der Waals surface area contributed by atoms with Crippen molar-refractivity contribution in [1.82, 2.24) is 9.88 Å². The number of fused-ring (bicyclic) bond motifs is 2. The van der Waals surface area contributed by atoms with Crippen LogP contribution in [0.4, 0.5) is 0 Å². The lowest BCUT2D eigenvalue weighted by molar-refractivity contribution is -0.122. The van der Waals surface area contributed by atoms with Crippen LogP contribution in [0.5, 0.6) is 11.5 Å². The number of carbonyl (C=O) groups is 1. The van der Waals surface area contributed by atoms with Crippen LogP contribution in [-0.4, -0.2) is 23.7 Å². The lowest BCUT2D eigenvalue weighted by Crippen LogP contribution is -2.36. The van der Waals surface area contributed by atoms with Crippen LogP contribution >= 0.6 is 0 Å². The summed E-state index contributed by atoms with van der Waals surface area (Å²) < 4.78 is 18.1. The molecule has 3 heterocycles. The number of hydrogen-bond acceptors (Lipinski definition) is 5. The Hall–Kier alpha value is -3.22. The van der Waals surface area contributed by atoms with Gasteiger partial charge in [0.05, 0.1) is 30.9 Å². The zero-order chi connectivity index (χ0) is 20.4. The van der Waals surface area contributed by atoms with Crippen LogP contribution in [0, 0.1) is 5.92 Å². The van der Waals surface area contributed by atoms with Gasteiger partial charge in [-0.3, -0.25) is 9.59 Å². The average Bonchev–Trinajstić information content (AvgIpc) is 3.06. The molecular weight excluding hydrogens is 372 g/mol. The number of ether oxygens (including phenoxy) is 2. The van der Waals surface area contributed by atoms with Crippen LogP contribution in [0.15, 0.2) is 52.0 Å². The van der Waals surface area contributed by atoms with E-state index in [-0.39, 0.29) is 30.0 Å². The Morgan fingerprint density at radius 2 is 1.93 bits per heavy atom. The van der Waals surface area contributed by atoms with E-state index in [1.54, 1.807) is 18.3 Å². The number of pyridine rings is 1. The fourth-order valence-corrected chi connectivity index (χ4v) is 3.51. The molecule has 4 rings (SSSR count). The quantitative estimate of drug-likeness (QED) is 0.716. The molecule has 1 unspecified atom stereocenters. The summed E-state index contributed by atoms with van der Waals surface area (Å²) in [5, 5.41) is 3.52. The Labute approximate surface area is 168 Å². The lowest BCUT2D eigenvalue weighted by Gasteiger charge is -2.24. The normalized spacial score (nSPS) is 14.6. The van der Waals surface area contributed by atoms with Gasteiger partial charge in [-0.25, -0.2) is 0 Å². The molecule has 3 aromatic rings. The third kappa shape index (κ3) is 3.99. The van der Waals surface area contributed by atoms with Gasteiger partial charge >= 0.3 is 0 Å². The zero-order valence-electron chi connectivity index (χ0n) is 16.5. The summed E-state index contributed by atoms with van der Waals surface area (Å²) in [6.07, 6.45) is 3.88. The first-order valence-electron chi connectivity index (χ1n) is 9.78. The van der Waals surface area contributed by atoms with Crippen molar-refractivity contribution in [3.05, 3.63) is 58.7 Å². The summed E-state index contributed by atoms with van der Waals surface area (Å²) in [6, 6.07) is 8.84. The summed E-state index contributed by atoms with van der Waals surface area (Å²) in [5.74, 6) is 1.33. The second kappa shape index (κ2) is 8.03. The van der Waals surface area contributed by atoms with Gasteiger partial charge < -0.3 is 23.8 Å². The van der Waals surface area contributed by atoms with E-state index in [1.165, 1.54) is 10.8 Å². The number of furan rings is 1. The van der Waals surface area contributed by atoms with E-state index < -0.39 is 0 Å². The van der Waals surface area contributed by atoms with Crippen LogP contribution in [0.1, 0.15) is 31.9 Å². The molecule has 1 N–H and O–H groups in total. The molecule has 1 aliphatic rings. The fourth-order valence-electron chi connectivity index (χ4n) is 3.51. The summed E-state index contributed by atoms with van der Waals surface area (Å²) in [4.78, 5) is 25.2. The maximum Gasteiger partial charge on any atom is 0.262 e. The van der Waals surface area contributed by atoms with E-state index >= 15 is 0 Å². The number of amides is 1. The Morgan fingerprint density at radius 1 is 1.14 bits per heavy atom. The molecule has 7 heteroatoms. The van der Waals surface area contributed by atoms with Crippen molar-refractivity contribution in [3.8, 4) is 11.5 Å². The van der Waals surface area contributed by atoms with Gasteiger partial charge in [0.25, 0.3) is 5.56 Å². The molecule has 0 spiro atoms. The van der Waals surface area contributed by atoms with Gasteiger partial charge in [-0.15, -0.1) is 0 Å². The van der Waals surface area contributed by atoms with Gasteiger partial charge in [0.2, 0.25) is 5.91 Å². The van der Waals surface area contributed by atoms with Crippen LogP contribution in [0.3, 0.4) is 0 Å². The largest absolute Gasteiger partial charge is 0.490 e. The molecule has 29 heavy (non-hydrogen) atoms. The predicted octanol–water partition coefficient (Wildman–Crippen LogP) is 3.27. The third-order valence-corrected chi connectivity index (χ3v) is 5.02. The number of hydrogen-bond donors (Lipinski definition) is 1. The summed E-state index contributed by atoms with van der Waals surface area (Å²) in [5.41, 5.74) is 1.21. The highest BCUT2D eigenvalue weighted by Crippen LogP contribution is 2.34. The third-order valence-electron chi connectivity index (χ3n) is 5.02. The van der Waals surface area contributed by atoms with Crippen molar-refractivity contribution in [3.63, 3.8) is 0 Å². The van der Waals surface area contributed by atoms with Crippen molar-refractivity contribution in [2.45, 2.75) is 32.9 Å². The van der Waals surface area contributed by atoms with Gasteiger partial charge in [-0.05, 0) is 35.7 Å². The second-order valence-electron chi connectivity index (χ2n) is 7.49. The molecular formula is C22H24N2O5. The first kappa shape index (κ1) is 19.1. The minimum absolute atomic E-state index is 0.0618. The van der Waals surface area contributed by atoms with Gasteiger partial charge in [0, 0.05) is 12.6 Å². The molecule has 7 nitrogen and oxygen atoms in total. The van der Waals surface area contributed by atoms with E-state index in [1.807, 2.05) is 32.0 Å². The molecule has 1 aromatic carbocycles. The van der Waals surface area contributed by atoms with Gasteiger partial charge in [-0.2, -0.15) is 0 Å². The van der Waals surface area contributed by atoms with E-state index in [4.69, 9.17) is 13.9 Å². The number of rotatable bonds is 5. The van der Waals surface area contributed by atoms with Gasteiger partial charge in [0.1, 0.15) is 12.1 Å². The SMILES string of the molecule is CC(C)C(NC(=O)Cn1ccc2occc2c1=O)c1ccc2c(c1)OCCCO2. The molecule has 152 valence electrons. The van der Waals surface area contributed by atoms with Crippen molar-refractivity contribution >= 4 is 16.9 Å². The molecule has 0 fully saturated rings. The van der Waals surface area contributed by atoms with Crippen molar-refractivity contribution in [2.24, 2.45) is 5.92 Å². The monoisotopic (exact) mass is 396 g/mol. The average molecular weight is 396 g/mol. The smallest absolute Gasteiger partial charge is 0.262 e. The van der Waals surface area contributed by atoms with E-state index in [9.17, 15) is 9.59 Å². The maximum absolute atomic E-state index is 12.7. The molecule has 1 aliphatic heterocycles. The topological polar surface area (TPSA) is 82.7 Å². The highest BCUT2D eigenvalue weighted by Gasteiger charge is 2.21. The Balaban J connectivity index is 1.53. The van der Waals surface area contributed by atoms with Crippen molar-refractivity contribution in [1.29, 1.82) is 0 Å². The van der Waals surface area contributed by atoms with Crippen molar-refractivity contribution in [2.75, 3.05) is 13.2 Å². The molecule has 1 amide bonds. The van der Waals surface area contributed by atoms with Crippen LogP contribution in [0.2, 0.25) is 0 Å². The molecule has 0 aliphatic carbocycles. The molecule has 1 atom stereocenters. The Bertz CT molecular complexity index is 1080. The maximum atomic E-state index is 12.7. The van der Waals surface area contributed by atoms with Crippen LogP contribution in [-0.2, 0) is 11.3 Å². The molecule has 0 saturated carbocycles. The number of aromatic nitrogens is 1. The van der Waals surface area contributed by atoms with E-state index in [0.29, 0.717) is 29.9 Å². The number of nitrogens with zero attached hydrogens (tertiary/aromatic N) is 1. The molecule has 0 saturated heterocycles. The molecule has 0 radical (unpaired) electrons. The minimum atomic E-state index is -0.247. The summed E-state index contributed by atoms with van der Waals surface area (Å²) in [6.45, 7) is 5.25. The zero-order valence-corrected chi connectivity index (χ0v) is 16.5. The first-order chi connectivity index (χ1) is 14.0. The van der Waals surface area contributed by atoms with Crippen LogP contribution < -0.4 is 20.3 Å². The van der Waals surface area contributed by atoms with Gasteiger partial charge in [0.15, 0.2) is 11.5 Å². The summed E-state index contributed by atoms with van der Waals surface area (Å²) in [7, 11) is 0. The Morgan fingerprint density at radius 3 is 2.72 bits per heavy atom. The fraction of sp³-hybridized carbons (Fsp3) is 0.364. The van der Waals surface area contributed by atoms with E-state index in [0.717, 1.165) is 17.7 Å². The minimum Gasteiger partial charge on any atom is -0.490 e. The lowest BCUT2D eigenvalue weighted by atomic mass is 9.95. The number of benzene rings is 1.